The molecule has 4 nitrogen and oxygen atoms in total. The van der Waals surface area contributed by atoms with Crippen LogP contribution in [0, 0.1) is 5.92 Å². The van der Waals surface area contributed by atoms with Gasteiger partial charge in [0.15, 0.2) is 0 Å². The predicted octanol–water partition coefficient (Wildman–Crippen LogP) is 1.69. The normalized spacial score (nSPS) is 23.6. The molecule has 0 bridgehead atoms. The number of amides is 1. The minimum absolute atomic E-state index is 0.240. The van der Waals surface area contributed by atoms with E-state index < -0.39 is 0 Å². The Labute approximate surface area is 118 Å². The Hall–Kier alpha value is -0.610. The quantitative estimate of drug-likeness (QED) is 0.765. The van der Waals surface area contributed by atoms with Gasteiger partial charge in [-0.2, -0.15) is 0 Å². The maximum Gasteiger partial charge on any atom is 0.223 e. The lowest BCUT2D eigenvalue weighted by Crippen LogP contribution is -2.41. The predicted molar refractivity (Wildman–Crippen MR) is 80.0 cm³/mol. The molecule has 0 radical (unpaired) electrons. The molecule has 112 valence electrons. The van der Waals surface area contributed by atoms with Gasteiger partial charge in [-0.15, -0.1) is 0 Å². The summed E-state index contributed by atoms with van der Waals surface area (Å²) in [6.45, 7) is 4.65. The molecule has 1 aliphatic rings. The van der Waals surface area contributed by atoms with Crippen LogP contribution in [0.2, 0.25) is 0 Å². The molecule has 1 amide bonds. The molecule has 1 rings (SSSR count). The summed E-state index contributed by atoms with van der Waals surface area (Å²) in [5.74, 6) is 1.01. The van der Waals surface area contributed by atoms with Gasteiger partial charge in [-0.3, -0.25) is 4.79 Å². The largest absolute Gasteiger partial charge is 0.346 e. The summed E-state index contributed by atoms with van der Waals surface area (Å²) in [7, 11) is 4.04. The summed E-state index contributed by atoms with van der Waals surface area (Å²) >= 11 is 0. The van der Waals surface area contributed by atoms with Crippen LogP contribution in [0.1, 0.15) is 45.4 Å². The van der Waals surface area contributed by atoms with Crippen LogP contribution in [0.4, 0.5) is 0 Å². The van der Waals surface area contributed by atoms with Gasteiger partial charge in [-0.05, 0) is 38.8 Å². The van der Waals surface area contributed by atoms with Gasteiger partial charge in [0.25, 0.3) is 0 Å². The number of hydrogen-bond donors (Lipinski definition) is 1. The van der Waals surface area contributed by atoms with E-state index in [9.17, 15) is 4.79 Å². The third-order valence-corrected chi connectivity index (χ3v) is 4.43. The van der Waals surface area contributed by atoms with Crippen LogP contribution in [0.5, 0.6) is 0 Å². The molecule has 2 atom stereocenters. The molecule has 4 heteroatoms. The van der Waals surface area contributed by atoms with Crippen molar-refractivity contribution in [3.63, 3.8) is 0 Å². The van der Waals surface area contributed by atoms with Crippen LogP contribution in [0.25, 0.3) is 0 Å². The second-order valence-corrected chi connectivity index (χ2v) is 6.02. The fraction of sp³-hybridized carbons (Fsp3) is 0.933. The number of carbonyl (C=O) groups excluding carboxylic acids is 1. The molecule has 0 aliphatic heterocycles. The Morgan fingerprint density at radius 1 is 1.21 bits per heavy atom. The topological polar surface area (TPSA) is 49.6 Å². The fourth-order valence-corrected chi connectivity index (χ4v) is 3.03. The van der Waals surface area contributed by atoms with Gasteiger partial charge in [-0.25, -0.2) is 0 Å². The average molecular weight is 269 g/mol. The minimum Gasteiger partial charge on any atom is -0.346 e. The maximum absolute atomic E-state index is 12.0. The van der Waals surface area contributed by atoms with Crippen molar-refractivity contribution in [2.45, 2.75) is 51.5 Å². The zero-order valence-corrected chi connectivity index (χ0v) is 12.9. The Kier molecular flexibility index (Phi) is 7.39. The lowest BCUT2D eigenvalue weighted by Gasteiger charge is -2.36. The highest BCUT2D eigenvalue weighted by molar-refractivity contribution is 5.76. The number of nitrogens with two attached hydrogens (primary N) is 1. The van der Waals surface area contributed by atoms with E-state index in [0.29, 0.717) is 19.0 Å². The number of hydrogen-bond acceptors (Lipinski definition) is 3. The first-order chi connectivity index (χ1) is 9.06. The first-order valence-corrected chi connectivity index (χ1v) is 7.70. The van der Waals surface area contributed by atoms with Crippen molar-refractivity contribution < 1.29 is 4.79 Å². The third-order valence-electron chi connectivity index (χ3n) is 4.43. The van der Waals surface area contributed by atoms with Crippen LogP contribution in [0.15, 0.2) is 0 Å². The summed E-state index contributed by atoms with van der Waals surface area (Å²) in [5, 5.41) is 0. The molecule has 0 heterocycles. The van der Waals surface area contributed by atoms with Crippen LogP contribution >= 0.6 is 0 Å². The van der Waals surface area contributed by atoms with Crippen LogP contribution in [0.3, 0.4) is 0 Å². The Morgan fingerprint density at radius 2 is 1.89 bits per heavy atom. The van der Waals surface area contributed by atoms with Crippen molar-refractivity contribution in [1.82, 2.24) is 9.80 Å². The molecule has 2 N–H and O–H groups in total. The second kappa shape index (κ2) is 8.54. The summed E-state index contributed by atoms with van der Waals surface area (Å²) in [4.78, 5) is 16.2. The van der Waals surface area contributed by atoms with Crippen molar-refractivity contribution in [2.24, 2.45) is 11.7 Å². The van der Waals surface area contributed by atoms with Crippen LogP contribution < -0.4 is 5.73 Å². The first-order valence-electron chi connectivity index (χ1n) is 7.70. The molecule has 0 aromatic carbocycles. The number of nitrogens with zero attached hydrogens (tertiary/aromatic N) is 2. The number of rotatable bonds is 7. The monoisotopic (exact) mass is 269 g/mol. The standard InChI is InChI=1S/C15H31N3O/c1-13-7-4-5-8-14(13)17(2)12-9-15(19)18(3)11-6-10-16/h13-14H,4-12,16H2,1-3H3. The lowest BCUT2D eigenvalue weighted by atomic mass is 9.85. The van der Waals surface area contributed by atoms with Crippen molar-refractivity contribution >= 4 is 5.91 Å². The van der Waals surface area contributed by atoms with Gasteiger partial charge in [0.1, 0.15) is 0 Å². The van der Waals surface area contributed by atoms with E-state index in [0.717, 1.165) is 25.4 Å². The smallest absolute Gasteiger partial charge is 0.223 e. The van der Waals surface area contributed by atoms with Crippen molar-refractivity contribution in [1.29, 1.82) is 0 Å². The molecule has 2 unspecified atom stereocenters. The van der Waals surface area contributed by atoms with Crippen molar-refractivity contribution in [2.75, 3.05) is 33.7 Å². The van der Waals surface area contributed by atoms with E-state index in [4.69, 9.17) is 5.73 Å². The number of carbonyl (C=O) groups is 1. The third kappa shape index (κ3) is 5.49. The van der Waals surface area contributed by atoms with Gasteiger partial charge >= 0.3 is 0 Å². The Balaban J connectivity index is 2.28. The summed E-state index contributed by atoms with van der Waals surface area (Å²) in [5.41, 5.74) is 5.47. The zero-order chi connectivity index (χ0) is 14.3. The molecule has 1 saturated carbocycles. The van der Waals surface area contributed by atoms with Gasteiger partial charge in [0, 0.05) is 32.6 Å². The minimum atomic E-state index is 0.240. The highest BCUT2D eigenvalue weighted by Gasteiger charge is 2.25. The van der Waals surface area contributed by atoms with Crippen LogP contribution in [-0.4, -0.2) is 55.5 Å². The van der Waals surface area contributed by atoms with E-state index in [1.165, 1.54) is 25.7 Å². The molecule has 0 spiro atoms. The Bertz CT molecular complexity index is 270. The first kappa shape index (κ1) is 16.4. The fourth-order valence-electron chi connectivity index (χ4n) is 3.03. The molecule has 1 aliphatic carbocycles. The molecule has 19 heavy (non-hydrogen) atoms. The average Bonchev–Trinajstić information content (AvgIpc) is 2.42. The zero-order valence-electron chi connectivity index (χ0n) is 12.9. The highest BCUT2D eigenvalue weighted by Crippen LogP contribution is 2.27. The summed E-state index contributed by atoms with van der Waals surface area (Å²) in [6.07, 6.45) is 6.84. The maximum atomic E-state index is 12.0. The van der Waals surface area contributed by atoms with E-state index in [-0.39, 0.29) is 5.91 Å². The molecule has 1 fully saturated rings. The second-order valence-electron chi connectivity index (χ2n) is 6.02. The SMILES string of the molecule is CC1CCCCC1N(C)CCC(=O)N(C)CCCN. The molecule has 0 aromatic heterocycles. The van der Waals surface area contributed by atoms with Crippen LogP contribution in [-0.2, 0) is 4.79 Å². The molecular weight excluding hydrogens is 238 g/mol. The van der Waals surface area contributed by atoms with Gasteiger partial charge < -0.3 is 15.5 Å². The van der Waals surface area contributed by atoms with Crippen molar-refractivity contribution in [3.05, 3.63) is 0 Å². The summed E-state index contributed by atoms with van der Waals surface area (Å²) < 4.78 is 0. The van der Waals surface area contributed by atoms with Gasteiger partial charge in [0.2, 0.25) is 5.91 Å². The Morgan fingerprint density at radius 3 is 2.53 bits per heavy atom. The van der Waals surface area contributed by atoms with Gasteiger partial charge in [-0.1, -0.05) is 19.8 Å². The van der Waals surface area contributed by atoms with E-state index in [1.807, 2.05) is 11.9 Å². The van der Waals surface area contributed by atoms with Gasteiger partial charge in [0.05, 0.1) is 0 Å². The van der Waals surface area contributed by atoms with E-state index >= 15 is 0 Å². The molecule has 0 aromatic rings. The van der Waals surface area contributed by atoms with E-state index in [1.54, 1.807) is 0 Å². The summed E-state index contributed by atoms with van der Waals surface area (Å²) in [6, 6.07) is 0.663. The highest BCUT2D eigenvalue weighted by atomic mass is 16.2. The van der Waals surface area contributed by atoms with E-state index in [2.05, 4.69) is 18.9 Å². The molecular formula is C15H31N3O. The van der Waals surface area contributed by atoms with Crippen molar-refractivity contribution in [3.8, 4) is 0 Å². The lowest BCUT2D eigenvalue weighted by molar-refractivity contribution is -0.130. The molecule has 0 saturated heterocycles.